The van der Waals surface area contributed by atoms with Crippen LogP contribution in [-0.4, -0.2) is 29.3 Å². The van der Waals surface area contributed by atoms with Gasteiger partial charge in [-0.2, -0.15) is 0 Å². The summed E-state index contributed by atoms with van der Waals surface area (Å²) in [4.78, 5) is 35.8. The molecular weight excluding hydrogens is 289 g/mol. The van der Waals surface area contributed by atoms with Crippen molar-refractivity contribution in [2.24, 2.45) is 5.41 Å². The molecule has 0 fully saturated rings. The quantitative estimate of drug-likeness (QED) is 0.868. The summed E-state index contributed by atoms with van der Waals surface area (Å²) < 4.78 is 13.5. The van der Waals surface area contributed by atoms with E-state index in [0.717, 1.165) is 17.0 Å². The lowest BCUT2D eigenvalue weighted by atomic mass is 9.93. The molecule has 1 aliphatic heterocycles. The van der Waals surface area contributed by atoms with Crippen molar-refractivity contribution in [1.82, 2.24) is 0 Å². The summed E-state index contributed by atoms with van der Waals surface area (Å²) in [7, 11) is 0. The lowest BCUT2D eigenvalue weighted by Crippen LogP contribution is -2.41. The van der Waals surface area contributed by atoms with Crippen LogP contribution in [0, 0.1) is 11.2 Å². The van der Waals surface area contributed by atoms with E-state index in [4.69, 9.17) is 16.7 Å². The Morgan fingerprint density at radius 1 is 1.40 bits per heavy atom. The third-order valence-corrected chi connectivity index (χ3v) is 3.44. The number of hydrogen-bond donors (Lipinski definition) is 1. The molecule has 5 nitrogen and oxygen atoms in total. The zero-order valence-corrected chi connectivity index (χ0v) is 11.5. The predicted molar refractivity (Wildman–Crippen MR) is 69.5 cm³/mol. The fourth-order valence-electron chi connectivity index (χ4n) is 1.91. The molecule has 106 valence electrons. The van der Waals surface area contributed by atoms with Crippen LogP contribution in [0.1, 0.15) is 24.2 Å². The molecule has 20 heavy (non-hydrogen) atoms. The van der Waals surface area contributed by atoms with E-state index >= 15 is 0 Å². The SMILES string of the molecule is CC(C)(CN1C(=O)C(=O)c2cc(Cl)c(F)cc21)C(=O)O. The lowest BCUT2D eigenvalue weighted by molar-refractivity contribution is -0.146. The molecule has 1 N–H and O–H groups in total. The first kappa shape index (κ1) is 14.5. The maximum atomic E-state index is 13.5. The van der Waals surface area contributed by atoms with E-state index in [9.17, 15) is 18.8 Å². The summed E-state index contributed by atoms with van der Waals surface area (Å²) in [6.45, 7) is 2.59. The molecule has 0 saturated heterocycles. The number of Topliss-reactive ketones (excluding diaryl/α,β-unsaturated/α-hetero) is 1. The van der Waals surface area contributed by atoms with E-state index in [1.54, 1.807) is 0 Å². The van der Waals surface area contributed by atoms with E-state index in [1.165, 1.54) is 13.8 Å². The number of carboxylic acids is 1. The molecule has 0 radical (unpaired) electrons. The van der Waals surface area contributed by atoms with E-state index in [2.05, 4.69) is 0 Å². The third-order valence-electron chi connectivity index (χ3n) is 3.15. The number of hydrogen-bond acceptors (Lipinski definition) is 3. The second kappa shape index (κ2) is 4.56. The van der Waals surface area contributed by atoms with Crippen LogP contribution in [0.25, 0.3) is 0 Å². The van der Waals surface area contributed by atoms with Gasteiger partial charge in [0, 0.05) is 6.54 Å². The number of fused-ring (bicyclic) bond motifs is 1. The van der Waals surface area contributed by atoms with Crippen molar-refractivity contribution < 1.29 is 23.9 Å². The van der Waals surface area contributed by atoms with Gasteiger partial charge < -0.3 is 10.0 Å². The lowest BCUT2D eigenvalue weighted by Gasteiger charge is -2.26. The van der Waals surface area contributed by atoms with Crippen molar-refractivity contribution >= 4 is 34.9 Å². The number of nitrogens with zero attached hydrogens (tertiary/aromatic N) is 1. The molecule has 0 unspecified atom stereocenters. The Kier molecular flexibility index (Phi) is 3.29. The molecule has 7 heteroatoms. The summed E-state index contributed by atoms with van der Waals surface area (Å²) in [6.07, 6.45) is 0. The largest absolute Gasteiger partial charge is 0.481 e. The van der Waals surface area contributed by atoms with Gasteiger partial charge in [-0.1, -0.05) is 11.6 Å². The van der Waals surface area contributed by atoms with Crippen LogP contribution in [0.3, 0.4) is 0 Å². The highest BCUT2D eigenvalue weighted by molar-refractivity contribution is 6.52. The van der Waals surface area contributed by atoms with Crippen molar-refractivity contribution in [1.29, 1.82) is 0 Å². The molecule has 0 atom stereocenters. The molecule has 1 aromatic rings. The minimum absolute atomic E-state index is 0.0115. The standard InChI is InChI=1S/C13H11ClFNO4/c1-13(2,12(19)20)5-16-9-4-8(15)7(14)3-6(9)10(17)11(16)18/h3-4H,5H2,1-2H3,(H,19,20). The number of carboxylic acid groups (broad SMARTS) is 1. The Morgan fingerprint density at radius 2 is 2.00 bits per heavy atom. The Labute approximate surface area is 118 Å². The minimum Gasteiger partial charge on any atom is -0.481 e. The van der Waals surface area contributed by atoms with Crippen molar-refractivity contribution in [2.75, 3.05) is 11.4 Å². The van der Waals surface area contributed by atoms with Gasteiger partial charge in [0.05, 0.1) is 21.7 Å². The molecule has 1 aliphatic rings. The monoisotopic (exact) mass is 299 g/mol. The number of carbonyl (C=O) groups is 3. The van der Waals surface area contributed by atoms with Crippen LogP contribution >= 0.6 is 11.6 Å². The second-order valence-corrected chi connectivity index (χ2v) is 5.60. The topological polar surface area (TPSA) is 74.7 Å². The molecule has 1 heterocycles. The highest BCUT2D eigenvalue weighted by atomic mass is 35.5. The van der Waals surface area contributed by atoms with E-state index in [1.807, 2.05) is 0 Å². The van der Waals surface area contributed by atoms with Gasteiger partial charge in [-0.05, 0) is 26.0 Å². The molecular formula is C13H11ClFNO4. The molecule has 0 aromatic heterocycles. The average Bonchev–Trinajstić information content (AvgIpc) is 2.55. The van der Waals surface area contributed by atoms with Gasteiger partial charge in [0.25, 0.3) is 11.7 Å². The van der Waals surface area contributed by atoms with Crippen LogP contribution in [-0.2, 0) is 9.59 Å². The zero-order chi connectivity index (χ0) is 15.2. The van der Waals surface area contributed by atoms with Gasteiger partial charge in [-0.15, -0.1) is 0 Å². The predicted octanol–water partition coefficient (Wildman–Crippen LogP) is 2.12. The number of anilines is 1. The van der Waals surface area contributed by atoms with Crippen molar-refractivity contribution in [3.63, 3.8) is 0 Å². The van der Waals surface area contributed by atoms with Gasteiger partial charge in [0.15, 0.2) is 0 Å². The molecule has 0 bridgehead atoms. The molecule has 0 saturated carbocycles. The maximum Gasteiger partial charge on any atom is 0.310 e. The Hall–Kier alpha value is -1.95. The second-order valence-electron chi connectivity index (χ2n) is 5.19. The first-order chi connectivity index (χ1) is 9.15. The Bertz CT molecular complexity index is 642. The smallest absolute Gasteiger partial charge is 0.310 e. The van der Waals surface area contributed by atoms with Crippen molar-refractivity contribution in [3.05, 3.63) is 28.5 Å². The van der Waals surface area contributed by atoms with Gasteiger partial charge >= 0.3 is 5.97 Å². The fourth-order valence-corrected chi connectivity index (χ4v) is 2.07. The Balaban J connectivity index is 2.48. The Morgan fingerprint density at radius 3 is 2.55 bits per heavy atom. The summed E-state index contributed by atoms with van der Waals surface area (Å²) in [6, 6.07) is 2.05. The van der Waals surface area contributed by atoms with Crippen molar-refractivity contribution in [2.45, 2.75) is 13.8 Å². The molecule has 0 aliphatic carbocycles. The number of amides is 1. The number of carbonyl (C=O) groups excluding carboxylic acids is 2. The molecule has 1 aromatic carbocycles. The van der Waals surface area contributed by atoms with Gasteiger partial charge in [0.2, 0.25) is 0 Å². The summed E-state index contributed by atoms with van der Waals surface area (Å²) in [5.41, 5.74) is -1.23. The highest BCUT2D eigenvalue weighted by Gasteiger charge is 2.41. The van der Waals surface area contributed by atoms with Gasteiger partial charge in [-0.25, -0.2) is 4.39 Å². The van der Waals surface area contributed by atoms with E-state index < -0.39 is 28.9 Å². The number of rotatable bonds is 3. The summed E-state index contributed by atoms with van der Waals surface area (Å²) in [5, 5.41) is 8.82. The molecule has 2 rings (SSSR count). The first-order valence-corrected chi connectivity index (χ1v) is 6.11. The van der Waals surface area contributed by atoms with Crippen LogP contribution in [0.15, 0.2) is 12.1 Å². The summed E-state index contributed by atoms with van der Waals surface area (Å²) >= 11 is 5.59. The fraction of sp³-hybridized carbons (Fsp3) is 0.308. The van der Waals surface area contributed by atoms with Crippen LogP contribution in [0.5, 0.6) is 0 Å². The van der Waals surface area contributed by atoms with Gasteiger partial charge in [-0.3, -0.25) is 14.4 Å². The average molecular weight is 300 g/mol. The minimum atomic E-state index is -1.27. The van der Waals surface area contributed by atoms with E-state index in [0.29, 0.717) is 0 Å². The number of ketones is 1. The first-order valence-electron chi connectivity index (χ1n) is 5.74. The molecule has 0 spiro atoms. The zero-order valence-electron chi connectivity index (χ0n) is 10.7. The van der Waals surface area contributed by atoms with Crippen LogP contribution < -0.4 is 4.90 Å². The normalized spacial score (nSPS) is 14.7. The van der Waals surface area contributed by atoms with E-state index in [-0.39, 0.29) is 22.8 Å². The summed E-state index contributed by atoms with van der Waals surface area (Å²) in [5.74, 6) is -3.59. The van der Waals surface area contributed by atoms with Crippen LogP contribution in [0.2, 0.25) is 5.02 Å². The van der Waals surface area contributed by atoms with Crippen LogP contribution in [0.4, 0.5) is 10.1 Å². The molecule has 1 amide bonds. The highest BCUT2D eigenvalue weighted by Crippen LogP contribution is 2.35. The van der Waals surface area contributed by atoms with Gasteiger partial charge in [0.1, 0.15) is 5.82 Å². The maximum absolute atomic E-state index is 13.5. The third kappa shape index (κ3) is 2.16. The number of aliphatic carboxylic acids is 1. The number of halogens is 2. The van der Waals surface area contributed by atoms with Crippen molar-refractivity contribution in [3.8, 4) is 0 Å². The number of benzene rings is 1.